The SMILES string of the molecule is CN1C(=O)CCC(NC(=O)C2(C(N)=S)CC2)C1=O. The minimum atomic E-state index is -0.768. The van der Waals surface area contributed by atoms with E-state index in [9.17, 15) is 14.4 Å². The Morgan fingerprint density at radius 2 is 2.11 bits per heavy atom. The highest BCUT2D eigenvalue weighted by Gasteiger charge is 2.53. The molecule has 0 aromatic heterocycles. The van der Waals surface area contributed by atoms with Crippen LogP contribution in [0.15, 0.2) is 0 Å². The third-order valence-electron chi connectivity index (χ3n) is 3.61. The van der Waals surface area contributed by atoms with E-state index < -0.39 is 11.5 Å². The van der Waals surface area contributed by atoms with Crippen molar-refractivity contribution in [2.75, 3.05) is 7.05 Å². The van der Waals surface area contributed by atoms with Crippen molar-refractivity contribution in [2.24, 2.45) is 11.1 Å². The molecule has 1 atom stereocenters. The van der Waals surface area contributed by atoms with Crippen LogP contribution in [-0.2, 0) is 14.4 Å². The number of piperidine rings is 1. The number of imide groups is 1. The molecule has 0 aromatic rings. The van der Waals surface area contributed by atoms with Gasteiger partial charge in [-0.3, -0.25) is 19.3 Å². The predicted octanol–water partition coefficient (Wildman–Crippen LogP) is -0.684. The molecule has 2 aliphatic rings. The van der Waals surface area contributed by atoms with Gasteiger partial charge in [-0.25, -0.2) is 0 Å². The Labute approximate surface area is 110 Å². The first-order valence-electron chi connectivity index (χ1n) is 5.80. The summed E-state index contributed by atoms with van der Waals surface area (Å²) >= 11 is 4.88. The minimum absolute atomic E-state index is 0.174. The van der Waals surface area contributed by atoms with E-state index in [1.54, 1.807) is 0 Å². The van der Waals surface area contributed by atoms with Gasteiger partial charge in [0.05, 0.1) is 10.4 Å². The molecule has 3 N–H and O–H groups in total. The average Bonchev–Trinajstić information content (AvgIpc) is 3.11. The second-order valence-corrected chi connectivity index (χ2v) is 5.24. The lowest BCUT2D eigenvalue weighted by molar-refractivity contribution is -0.149. The highest BCUT2D eigenvalue weighted by atomic mass is 32.1. The van der Waals surface area contributed by atoms with Crippen LogP contribution in [0.3, 0.4) is 0 Å². The molecule has 1 aliphatic heterocycles. The van der Waals surface area contributed by atoms with Crippen LogP contribution >= 0.6 is 12.2 Å². The molecule has 3 amide bonds. The van der Waals surface area contributed by atoms with Crippen molar-refractivity contribution in [1.29, 1.82) is 0 Å². The summed E-state index contributed by atoms with van der Waals surface area (Å²) in [5, 5.41) is 2.65. The number of hydrogen-bond acceptors (Lipinski definition) is 4. The number of likely N-dealkylation sites (N-methyl/N-ethyl adjacent to an activating group) is 1. The zero-order valence-corrected chi connectivity index (χ0v) is 10.9. The number of hydrogen-bond donors (Lipinski definition) is 2. The second kappa shape index (κ2) is 4.31. The van der Waals surface area contributed by atoms with Gasteiger partial charge in [0.2, 0.25) is 11.8 Å². The molecular formula is C11H15N3O3S. The number of carbonyl (C=O) groups is 3. The summed E-state index contributed by atoms with van der Waals surface area (Å²) in [7, 11) is 1.42. The van der Waals surface area contributed by atoms with Crippen molar-refractivity contribution in [1.82, 2.24) is 10.2 Å². The minimum Gasteiger partial charge on any atom is -0.392 e. The maximum Gasteiger partial charge on any atom is 0.251 e. The van der Waals surface area contributed by atoms with Crippen LogP contribution < -0.4 is 11.1 Å². The number of nitrogens with two attached hydrogens (primary N) is 1. The number of likely N-dealkylation sites (tertiary alicyclic amines) is 1. The summed E-state index contributed by atoms with van der Waals surface area (Å²) in [4.78, 5) is 36.4. The van der Waals surface area contributed by atoms with E-state index in [-0.39, 0.29) is 29.1 Å². The van der Waals surface area contributed by atoms with Gasteiger partial charge in [0.1, 0.15) is 6.04 Å². The van der Waals surface area contributed by atoms with Crippen molar-refractivity contribution < 1.29 is 14.4 Å². The maximum absolute atomic E-state index is 12.0. The highest BCUT2D eigenvalue weighted by molar-refractivity contribution is 7.80. The molecular weight excluding hydrogens is 254 g/mol. The number of rotatable bonds is 3. The monoisotopic (exact) mass is 269 g/mol. The van der Waals surface area contributed by atoms with Gasteiger partial charge in [-0.2, -0.15) is 0 Å². The van der Waals surface area contributed by atoms with Crippen molar-refractivity contribution >= 4 is 34.9 Å². The topological polar surface area (TPSA) is 92.5 Å². The van der Waals surface area contributed by atoms with Gasteiger partial charge in [0, 0.05) is 13.5 Å². The van der Waals surface area contributed by atoms with E-state index in [2.05, 4.69) is 5.32 Å². The first-order chi connectivity index (χ1) is 8.38. The van der Waals surface area contributed by atoms with E-state index in [4.69, 9.17) is 18.0 Å². The van der Waals surface area contributed by atoms with Gasteiger partial charge in [0.25, 0.3) is 5.91 Å². The molecule has 2 rings (SSSR count). The van der Waals surface area contributed by atoms with Crippen molar-refractivity contribution in [2.45, 2.75) is 31.7 Å². The Morgan fingerprint density at radius 3 is 2.61 bits per heavy atom. The van der Waals surface area contributed by atoms with Crippen LogP contribution in [0.1, 0.15) is 25.7 Å². The van der Waals surface area contributed by atoms with E-state index in [1.165, 1.54) is 7.05 Å². The van der Waals surface area contributed by atoms with E-state index in [0.29, 0.717) is 19.3 Å². The summed E-state index contributed by atoms with van der Waals surface area (Å²) in [6.45, 7) is 0. The molecule has 0 radical (unpaired) electrons. The molecule has 18 heavy (non-hydrogen) atoms. The lowest BCUT2D eigenvalue weighted by Gasteiger charge is -2.29. The number of nitrogens with zero attached hydrogens (tertiary/aromatic N) is 1. The average molecular weight is 269 g/mol. The smallest absolute Gasteiger partial charge is 0.251 e. The van der Waals surface area contributed by atoms with E-state index >= 15 is 0 Å². The molecule has 0 bridgehead atoms. The van der Waals surface area contributed by atoms with Gasteiger partial charge in [-0.15, -0.1) is 0 Å². The highest BCUT2D eigenvalue weighted by Crippen LogP contribution is 2.46. The molecule has 1 saturated heterocycles. The summed E-state index contributed by atoms with van der Waals surface area (Å²) in [5.41, 5.74) is 4.78. The van der Waals surface area contributed by atoms with E-state index in [1.807, 2.05) is 0 Å². The molecule has 7 heteroatoms. The molecule has 0 aromatic carbocycles. The first kappa shape index (κ1) is 12.9. The third kappa shape index (κ3) is 1.98. The zero-order valence-electron chi connectivity index (χ0n) is 10.1. The van der Waals surface area contributed by atoms with Crippen LogP contribution in [0, 0.1) is 5.41 Å². The quantitative estimate of drug-likeness (QED) is 0.523. The molecule has 98 valence electrons. The summed E-state index contributed by atoms with van der Waals surface area (Å²) in [6.07, 6.45) is 1.85. The molecule has 0 spiro atoms. The molecule has 2 fully saturated rings. The Hall–Kier alpha value is -1.50. The number of amides is 3. The van der Waals surface area contributed by atoms with Crippen molar-refractivity contribution in [3.8, 4) is 0 Å². The fourth-order valence-electron chi connectivity index (χ4n) is 2.06. The fourth-order valence-corrected chi connectivity index (χ4v) is 2.35. The Morgan fingerprint density at radius 1 is 1.50 bits per heavy atom. The van der Waals surface area contributed by atoms with Crippen LogP contribution in [0.5, 0.6) is 0 Å². The van der Waals surface area contributed by atoms with E-state index in [0.717, 1.165) is 4.90 Å². The van der Waals surface area contributed by atoms with Gasteiger partial charge in [0.15, 0.2) is 0 Å². The van der Waals surface area contributed by atoms with Gasteiger partial charge < -0.3 is 11.1 Å². The van der Waals surface area contributed by atoms with Gasteiger partial charge in [-0.05, 0) is 19.3 Å². The molecule has 1 aliphatic carbocycles. The van der Waals surface area contributed by atoms with Crippen molar-refractivity contribution in [3.63, 3.8) is 0 Å². The van der Waals surface area contributed by atoms with Gasteiger partial charge in [-0.1, -0.05) is 12.2 Å². The lowest BCUT2D eigenvalue weighted by atomic mass is 10.0. The summed E-state index contributed by atoms with van der Waals surface area (Å²) < 4.78 is 0. The fraction of sp³-hybridized carbons (Fsp3) is 0.636. The van der Waals surface area contributed by atoms with Crippen LogP contribution in [-0.4, -0.2) is 40.7 Å². The Kier molecular flexibility index (Phi) is 3.10. The predicted molar refractivity (Wildman–Crippen MR) is 67.4 cm³/mol. The number of carbonyl (C=O) groups excluding carboxylic acids is 3. The maximum atomic E-state index is 12.0. The van der Waals surface area contributed by atoms with Gasteiger partial charge >= 0.3 is 0 Å². The Bertz CT molecular complexity index is 445. The molecule has 1 unspecified atom stereocenters. The standard InChI is InChI=1S/C11H15N3O3S/c1-14-7(15)3-2-6(8(14)16)13-10(17)11(4-5-11)9(12)18/h6H,2-5H2,1H3,(H2,12,18)(H,13,17). The van der Waals surface area contributed by atoms with Crippen LogP contribution in [0.25, 0.3) is 0 Å². The summed E-state index contributed by atoms with van der Waals surface area (Å²) in [5.74, 6) is -0.893. The third-order valence-corrected chi connectivity index (χ3v) is 4.00. The summed E-state index contributed by atoms with van der Waals surface area (Å²) in [6, 6.07) is -0.646. The number of thiocarbonyl (C=S) groups is 1. The van der Waals surface area contributed by atoms with Crippen molar-refractivity contribution in [3.05, 3.63) is 0 Å². The normalized spacial score (nSPS) is 25.8. The largest absolute Gasteiger partial charge is 0.392 e. The van der Waals surface area contributed by atoms with Crippen LogP contribution in [0.4, 0.5) is 0 Å². The molecule has 1 saturated carbocycles. The zero-order chi connectivity index (χ0) is 13.5. The van der Waals surface area contributed by atoms with Crippen LogP contribution in [0.2, 0.25) is 0 Å². The number of nitrogens with one attached hydrogen (secondary N) is 1. The molecule has 6 nitrogen and oxygen atoms in total. The Balaban J connectivity index is 2.02. The second-order valence-electron chi connectivity index (χ2n) is 4.80. The molecule has 1 heterocycles. The lowest BCUT2D eigenvalue weighted by Crippen LogP contribution is -2.55. The first-order valence-corrected chi connectivity index (χ1v) is 6.20.